The largest absolute Gasteiger partial charge is 0.357 e. The summed E-state index contributed by atoms with van der Waals surface area (Å²) in [6.45, 7) is 3.98. The molecule has 1 aromatic heterocycles. The van der Waals surface area contributed by atoms with Crippen LogP contribution in [0, 0.1) is 0 Å². The summed E-state index contributed by atoms with van der Waals surface area (Å²) < 4.78 is 0. The van der Waals surface area contributed by atoms with E-state index in [0.717, 1.165) is 31.0 Å². The van der Waals surface area contributed by atoms with Crippen molar-refractivity contribution in [3.8, 4) is 0 Å². The number of halogens is 1. The number of carbonyl (C=O) groups excluding carboxylic acids is 1. The molecule has 1 aromatic rings. The molecule has 2 N–H and O–H groups in total. The molecule has 0 saturated heterocycles. The van der Waals surface area contributed by atoms with Crippen molar-refractivity contribution >= 4 is 23.5 Å². The van der Waals surface area contributed by atoms with Crippen LogP contribution in [-0.2, 0) is 11.2 Å². The second-order valence-corrected chi connectivity index (χ2v) is 5.35. The molecule has 0 radical (unpaired) electrons. The first-order chi connectivity index (χ1) is 10.5. The number of hydrogen-bond acceptors (Lipinski definition) is 3. The van der Waals surface area contributed by atoms with Gasteiger partial charge in [0.1, 0.15) is 5.15 Å². The summed E-state index contributed by atoms with van der Waals surface area (Å²) in [5, 5.41) is 6.90. The van der Waals surface area contributed by atoms with Crippen molar-refractivity contribution < 1.29 is 4.79 Å². The van der Waals surface area contributed by atoms with Crippen LogP contribution < -0.4 is 10.6 Å². The lowest BCUT2D eigenvalue weighted by molar-refractivity contribution is -0.128. The van der Waals surface area contributed by atoms with E-state index in [1.54, 1.807) is 31.3 Å². The molecular formula is C15H24ClN5O. The van der Waals surface area contributed by atoms with Crippen LogP contribution in [0.4, 0.5) is 0 Å². The quantitative estimate of drug-likeness (QED) is 0.450. The van der Waals surface area contributed by atoms with E-state index in [-0.39, 0.29) is 5.91 Å². The zero-order chi connectivity index (χ0) is 16.4. The molecule has 0 unspecified atom stereocenters. The molecule has 0 aliphatic carbocycles. The van der Waals surface area contributed by atoms with Crippen LogP contribution in [0.25, 0.3) is 0 Å². The van der Waals surface area contributed by atoms with Crippen molar-refractivity contribution in [2.24, 2.45) is 4.99 Å². The van der Waals surface area contributed by atoms with E-state index in [4.69, 9.17) is 11.6 Å². The maximum Gasteiger partial charge on any atom is 0.223 e. The number of guanidine groups is 1. The van der Waals surface area contributed by atoms with E-state index in [1.807, 2.05) is 13.0 Å². The van der Waals surface area contributed by atoms with Gasteiger partial charge in [-0.1, -0.05) is 17.7 Å². The maximum absolute atomic E-state index is 11.5. The number of pyridine rings is 1. The summed E-state index contributed by atoms with van der Waals surface area (Å²) in [6.07, 6.45) is 3.00. The second kappa shape index (κ2) is 10.00. The van der Waals surface area contributed by atoms with Crippen molar-refractivity contribution in [2.75, 3.05) is 33.7 Å². The van der Waals surface area contributed by atoms with Crippen LogP contribution in [0.3, 0.4) is 0 Å². The van der Waals surface area contributed by atoms with Crippen molar-refractivity contribution in [3.05, 3.63) is 29.0 Å². The molecule has 0 aliphatic rings. The van der Waals surface area contributed by atoms with E-state index < -0.39 is 0 Å². The maximum atomic E-state index is 11.5. The van der Waals surface area contributed by atoms with Gasteiger partial charge in [0, 0.05) is 39.8 Å². The van der Waals surface area contributed by atoms with Crippen LogP contribution in [-0.4, -0.2) is 55.5 Å². The summed E-state index contributed by atoms with van der Waals surface area (Å²) in [6, 6.07) is 3.74. The molecule has 1 rings (SSSR count). The first-order valence-electron chi connectivity index (χ1n) is 7.35. The van der Waals surface area contributed by atoms with Crippen LogP contribution in [0.1, 0.15) is 18.9 Å². The molecular weight excluding hydrogens is 302 g/mol. The molecule has 22 heavy (non-hydrogen) atoms. The fourth-order valence-corrected chi connectivity index (χ4v) is 1.82. The highest BCUT2D eigenvalue weighted by Gasteiger charge is 2.03. The van der Waals surface area contributed by atoms with Gasteiger partial charge < -0.3 is 15.5 Å². The molecule has 0 bridgehead atoms. The predicted molar refractivity (Wildman–Crippen MR) is 90.2 cm³/mol. The Morgan fingerprint density at radius 3 is 2.73 bits per heavy atom. The fraction of sp³-hybridized carbons (Fsp3) is 0.533. The molecule has 0 aromatic carbocycles. The lowest BCUT2D eigenvalue weighted by Gasteiger charge is -2.12. The highest BCUT2D eigenvalue weighted by molar-refractivity contribution is 6.29. The van der Waals surface area contributed by atoms with Gasteiger partial charge in [0.05, 0.1) is 6.54 Å². The molecule has 6 nitrogen and oxygen atoms in total. The molecule has 122 valence electrons. The molecule has 0 saturated carbocycles. The Kier molecular flexibility index (Phi) is 8.28. The van der Waals surface area contributed by atoms with Gasteiger partial charge >= 0.3 is 0 Å². The van der Waals surface area contributed by atoms with Crippen molar-refractivity contribution in [1.82, 2.24) is 20.5 Å². The lowest BCUT2D eigenvalue weighted by Crippen LogP contribution is -2.38. The Bertz CT molecular complexity index is 487. The Hall–Kier alpha value is -1.82. The molecule has 1 heterocycles. The normalized spacial score (nSPS) is 11.2. The van der Waals surface area contributed by atoms with Gasteiger partial charge in [0.2, 0.25) is 5.91 Å². The zero-order valence-electron chi connectivity index (χ0n) is 13.4. The molecule has 0 aliphatic heterocycles. The average Bonchev–Trinajstić information content (AvgIpc) is 2.49. The monoisotopic (exact) mass is 325 g/mol. The Morgan fingerprint density at radius 1 is 1.36 bits per heavy atom. The summed E-state index contributed by atoms with van der Waals surface area (Å²) >= 11 is 5.76. The smallest absolute Gasteiger partial charge is 0.223 e. The van der Waals surface area contributed by atoms with Crippen molar-refractivity contribution in [2.45, 2.75) is 19.8 Å². The Morgan fingerprint density at radius 2 is 2.14 bits per heavy atom. The molecule has 0 atom stereocenters. The SMILES string of the molecule is CCNC(=NCCC(=O)N(C)C)NCCc1ccc(Cl)nc1. The van der Waals surface area contributed by atoms with Crippen LogP contribution in [0.2, 0.25) is 5.15 Å². The summed E-state index contributed by atoms with van der Waals surface area (Å²) in [5.74, 6) is 0.794. The van der Waals surface area contributed by atoms with Crippen molar-refractivity contribution in [3.63, 3.8) is 0 Å². The zero-order valence-corrected chi connectivity index (χ0v) is 14.2. The van der Waals surface area contributed by atoms with Crippen LogP contribution in [0.15, 0.2) is 23.3 Å². The third-order valence-electron chi connectivity index (χ3n) is 2.93. The molecule has 0 spiro atoms. The minimum absolute atomic E-state index is 0.0758. The second-order valence-electron chi connectivity index (χ2n) is 4.96. The van der Waals surface area contributed by atoms with Gasteiger partial charge in [-0.05, 0) is 25.0 Å². The number of nitrogens with one attached hydrogen (secondary N) is 2. The van der Waals surface area contributed by atoms with Crippen molar-refractivity contribution in [1.29, 1.82) is 0 Å². The highest BCUT2D eigenvalue weighted by Crippen LogP contribution is 2.05. The number of aliphatic imine (C=N–C) groups is 1. The minimum Gasteiger partial charge on any atom is -0.357 e. The van der Waals surface area contributed by atoms with E-state index in [1.165, 1.54) is 0 Å². The van der Waals surface area contributed by atoms with E-state index >= 15 is 0 Å². The van der Waals surface area contributed by atoms with Crippen LogP contribution >= 0.6 is 11.6 Å². The van der Waals surface area contributed by atoms with E-state index in [2.05, 4.69) is 20.6 Å². The Labute approximate surface area is 137 Å². The third kappa shape index (κ3) is 7.26. The predicted octanol–water partition coefficient (Wildman–Crippen LogP) is 1.31. The van der Waals surface area contributed by atoms with Gasteiger partial charge in [-0.2, -0.15) is 0 Å². The minimum atomic E-state index is 0.0758. The summed E-state index contributed by atoms with van der Waals surface area (Å²) in [5.41, 5.74) is 1.11. The highest BCUT2D eigenvalue weighted by atomic mass is 35.5. The number of rotatable bonds is 7. The van der Waals surface area contributed by atoms with E-state index in [9.17, 15) is 4.79 Å². The summed E-state index contributed by atoms with van der Waals surface area (Å²) in [4.78, 5) is 21.5. The number of nitrogens with zero attached hydrogens (tertiary/aromatic N) is 3. The lowest BCUT2D eigenvalue weighted by atomic mass is 10.2. The number of hydrogen-bond donors (Lipinski definition) is 2. The first-order valence-corrected chi connectivity index (χ1v) is 7.73. The molecule has 7 heteroatoms. The van der Waals surface area contributed by atoms with Gasteiger partial charge in [-0.15, -0.1) is 0 Å². The van der Waals surface area contributed by atoms with Crippen LogP contribution in [0.5, 0.6) is 0 Å². The number of aromatic nitrogens is 1. The fourth-order valence-electron chi connectivity index (χ4n) is 1.71. The summed E-state index contributed by atoms with van der Waals surface area (Å²) in [7, 11) is 3.49. The average molecular weight is 326 g/mol. The molecule has 0 fully saturated rings. The van der Waals surface area contributed by atoms with Gasteiger partial charge in [0.25, 0.3) is 0 Å². The standard InChI is InChI=1S/C15H24ClN5O/c1-4-17-15(19-10-8-14(22)21(2)3)18-9-7-12-5-6-13(16)20-11-12/h5-6,11H,4,7-10H2,1-3H3,(H2,17,18,19). The van der Waals surface area contributed by atoms with E-state index in [0.29, 0.717) is 18.1 Å². The van der Waals surface area contributed by atoms with Gasteiger partial charge in [0.15, 0.2) is 5.96 Å². The first kappa shape index (κ1) is 18.2. The number of carbonyl (C=O) groups is 1. The number of amides is 1. The molecule has 1 amide bonds. The third-order valence-corrected chi connectivity index (χ3v) is 3.16. The Balaban J connectivity index is 2.39. The topological polar surface area (TPSA) is 69.6 Å². The van der Waals surface area contributed by atoms with Gasteiger partial charge in [-0.3, -0.25) is 9.79 Å². The van der Waals surface area contributed by atoms with Gasteiger partial charge in [-0.25, -0.2) is 4.98 Å².